The van der Waals surface area contributed by atoms with Crippen LogP contribution in [-0.4, -0.2) is 58.8 Å². The van der Waals surface area contributed by atoms with Crippen molar-refractivity contribution in [2.24, 2.45) is 0 Å². The van der Waals surface area contributed by atoms with Gasteiger partial charge in [0.05, 0.1) is 18.1 Å². The first-order valence-corrected chi connectivity index (χ1v) is 9.39. The van der Waals surface area contributed by atoms with Crippen LogP contribution in [0.4, 0.5) is 4.79 Å². The number of hydrogen-bond acceptors (Lipinski definition) is 6. The Bertz CT molecular complexity index is 876. The molecular weight excluding hydrogens is 362 g/mol. The molecule has 1 amide bonds. The second-order valence-corrected chi connectivity index (χ2v) is 7.96. The zero-order valence-corrected chi connectivity index (χ0v) is 17.0. The van der Waals surface area contributed by atoms with Crippen LogP contribution in [-0.2, 0) is 9.47 Å². The Morgan fingerprint density at radius 3 is 2.50 bits per heavy atom. The van der Waals surface area contributed by atoms with E-state index in [0.717, 1.165) is 11.3 Å². The molecule has 1 aliphatic rings. The lowest BCUT2D eigenvalue weighted by molar-refractivity contribution is 0.0126. The van der Waals surface area contributed by atoms with Crippen LogP contribution in [0.15, 0.2) is 12.1 Å². The lowest BCUT2D eigenvalue weighted by Crippen LogP contribution is -2.44. The standard InChI is InChI=1S/C20H27N3O5/c1-12-21-15-10-14(18(24)26-5)17(11-16(15)22-12)27-13-6-8-23(9-7-13)19(25)28-20(2,3)4/h10-11,13H,6-9H2,1-5H3,(H,21,22). The number of imidazole rings is 1. The maximum absolute atomic E-state index is 12.2. The monoisotopic (exact) mass is 389 g/mol. The van der Waals surface area contributed by atoms with Crippen LogP contribution in [0.3, 0.4) is 0 Å². The van der Waals surface area contributed by atoms with Crippen LogP contribution < -0.4 is 4.74 Å². The Morgan fingerprint density at radius 2 is 1.89 bits per heavy atom. The number of ether oxygens (including phenoxy) is 3. The third-order valence-electron chi connectivity index (χ3n) is 4.49. The number of benzene rings is 1. The van der Waals surface area contributed by atoms with Gasteiger partial charge >= 0.3 is 12.1 Å². The van der Waals surface area contributed by atoms with E-state index >= 15 is 0 Å². The number of piperidine rings is 1. The summed E-state index contributed by atoms with van der Waals surface area (Å²) in [7, 11) is 1.34. The minimum absolute atomic E-state index is 0.108. The third kappa shape index (κ3) is 4.55. The number of aromatic amines is 1. The summed E-state index contributed by atoms with van der Waals surface area (Å²) in [5.41, 5.74) is 1.31. The summed E-state index contributed by atoms with van der Waals surface area (Å²) in [5.74, 6) is 0.746. The number of rotatable bonds is 3. The van der Waals surface area contributed by atoms with E-state index in [1.807, 2.05) is 27.7 Å². The van der Waals surface area contributed by atoms with E-state index in [1.54, 1.807) is 17.0 Å². The molecule has 0 unspecified atom stereocenters. The lowest BCUT2D eigenvalue weighted by Gasteiger charge is -2.33. The SMILES string of the molecule is COC(=O)c1cc2nc(C)[nH]c2cc1OC1CCN(C(=O)OC(C)(C)C)CC1. The number of likely N-dealkylation sites (tertiary alicyclic amines) is 1. The fourth-order valence-corrected chi connectivity index (χ4v) is 3.19. The molecule has 28 heavy (non-hydrogen) atoms. The first-order valence-electron chi connectivity index (χ1n) is 9.39. The highest BCUT2D eigenvalue weighted by Crippen LogP contribution is 2.28. The van der Waals surface area contributed by atoms with Gasteiger partial charge in [-0.3, -0.25) is 0 Å². The molecule has 0 spiro atoms. The molecule has 8 nitrogen and oxygen atoms in total. The number of methoxy groups -OCH3 is 1. The van der Waals surface area contributed by atoms with Crippen molar-refractivity contribution in [3.8, 4) is 5.75 Å². The molecule has 0 saturated carbocycles. The molecule has 2 heterocycles. The first-order chi connectivity index (χ1) is 13.2. The van der Waals surface area contributed by atoms with E-state index in [4.69, 9.17) is 14.2 Å². The fraction of sp³-hybridized carbons (Fsp3) is 0.550. The summed E-state index contributed by atoms with van der Waals surface area (Å²) in [4.78, 5) is 33.6. The number of fused-ring (bicyclic) bond motifs is 1. The van der Waals surface area contributed by atoms with E-state index in [1.165, 1.54) is 7.11 Å². The second kappa shape index (κ2) is 7.69. The van der Waals surface area contributed by atoms with Crippen molar-refractivity contribution in [1.82, 2.24) is 14.9 Å². The molecule has 1 saturated heterocycles. The number of aryl methyl sites for hydroxylation is 1. The number of nitrogens with one attached hydrogen (secondary N) is 1. The van der Waals surface area contributed by atoms with Crippen molar-refractivity contribution < 1.29 is 23.8 Å². The van der Waals surface area contributed by atoms with Gasteiger partial charge in [0.25, 0.3) is 0 Å². The van der Waals surface area contributed by atoms with E-state index < -0.39 is 11.6 Å². The molecule has 8 heteroatoms. The smallest absolute Gasteiger partial charge is 0.410 e. The summed E-state index contributed by atoms with van der Waals surface area (Å²) in [5, 5.41) is 0. The van der Waals surface area contributed by atoms with Gasteiger partial charge in [0.1, 0.15) is 28.8 Å². The van der Waals surface area contributed by atoms with Gasteiger partial charge in [0.15, 0.2) is 0 Å². The Hall–Kier alpha value is -2.77. The van der Waals surface area contributed by atoms with Gasteiger partial charge in [-0.1, -0.05) is 0 Å². The lowest BCUT2D eigenvalue weighted by atomic mass is 10.1. The summed E-state index contributed by atoms with van der Waals surface area (Å²) in [6, 6.07) is 3.46. The number of nitrogens with zero attached hydrogens (tertiary/aromatic N) is 2. The highest BCUT2D eigenvalue weighted by molar-refractivity contribution is 5.97. The number of esters is 1. The maximum atomic E-state index is 12.2. The summed E-state index contributed by atoms with van der Waals surface area (Å²) in [6.45, 7) is 8.48. The molecule has 1 N–H and O–H groups in total. The van der Waals surface area contributed by atoms with Gasteiger partial charge in [0.2, 0.25) is 0 Å². The predicted octanol–water partition coefficient (Wildman–Crippen LogP) is 3.44. The minimum Gasteiger partial charge on any atom is -0.489 e. The average molecular weight is 389 g/mol. The summed E-state index contributed by atoms with van der Waals surface area (Å²) >= 11 is 0. The zero-order valence-electron chi connectivity index (χ0n) is 17.0. The first kappa shape index (κ1) is 20.0. The molecule has 1 aliphatic heterocycles. The molecule has 0 bridgehead atoms. The van der Waals surface area contributed by atoms with E-state index in [0.29, 0.717) is 42.8 Å². The molecule has 3 rings (SSSR count). The molecule has 0 aliphatic carbocycles. The van der Waals surface area contributed by atoms with Crippen molar-refractivity contribution in [1.29, 1.82) is 0 Å². The largest absolute Gasteiger partial charge is 0.489 e. The topological polar surface area (TPSA) is 93.7 Å². The van der Waals surface area contributed by atoms with Crippen molar-refractivity contribution in [3.05, 3.63) is 23.5 Å². The number of carbonyl (C=O) groups is 2. The molecule has 0 atom stereocenters. The minimum atomic E-state index is -0.516. The predicted molar refractivity (Wildman–Crippen MR) is 104 cm³/mol. The van der Waals surface area contributed by atoms with Gasteiger partial charge < -0.3 is 24.1 Å². The van der Waals surface area contributed by atoms with Gasteiger partial charge in [0, 0.05) is 32.0 Å². The highest BCUT2D eigenvalue weighted by Gasteiger charge is 2.28. The summed E-state index contributed by atoms with van der Waals surface area (Å²) in [6.07, 6.45) is 0.888. The van der Waals surface area contributed by atoms with Crippen LogP contribution in [0.5, 0.6) is 5.75 Å². The quantitative estimate of drug-likeness (QED) is 0.808. The molecule has 2 aromatic rings. The Balaban J connectivity index is 1.71. The van der Waals surface area contributed by atoms with Crippen LogP contribution in [0, 0.1) is 6.92 Å². The van der Waals surface area contributed by atoms with Crippen molar-refractivity contribution in [2.45, 2.75) is 52.2 Å². The van der Waals surface area contributed by atoms with Crippen LogP contribution in [0.2, 0.25) is 0 Å². The fourth-order valence-electron chi connectivity index (χ4n) is 3.19. The van der Waals surface area contributed by atoms with Gasteiger partial charge in [-0.05, 0) is 33.8 Å². The molecule has 1 aromatic carbocycles. The van der Waals surface area contributed by atoms with E-state index in [-0.39, 0.29) is 12.2 Å². The molecule has 1 fully saturated rings. The molecular formula is C20H27N3O5. The Kier molecular flexibility index (Phi) is 5.49. The van der Waals surface area contributed by atoms with Gasteiger partial charge in [-0.25, -0.2) is 14.6 Å². The van der Waals surface area contributed by atoms with Gasteiger partial charge in [-0.15, -0.1) is 0 Å². The number of hydrogen-bond donors (Lipinski definition) is 1. The van der Waals surface area contributed by atoms with Crippen molar-refractivity contribution >= 4 is 23.1 Å². The van der Waals surface area contributed by atoms with Crippen LogP contribution in [0.25, 0.3) is 11.0 Å². The molecule has 1 aromatic heterocycles. The molecule has 152 valence electrons. The van der Waals surface area contributed by atoms with E-state index in [2.05, 4.69) is 9.97 Å². The maximum Gasteiger partial charge on any atom is 0.410 e. The van der Waals surface area contributed by atoms with Crippen LogP contribution >= 0.6 is 0 Å². The number of amides is 1. The zero-order chi connectivity index (χ0) is 20.5. The van der Waals surface area contributed by atoms with Crippen LogP contribution in [0.1, 0.15) is 49.8 Å². The van der Waals surface area contributed by atoms with E-state index in [9.17, 15) is 9.59 Å². The van der Waals surface area contributed by atoms with Gasteiger partial charge in [-0.2, -0.15) is 0 Å². The highest BCUT2D eigenvalue weighted by atomic mass is 16.6. The number of carbonyl (C=O) groups excluding carboxylic acids is 2. The Morgan fingerprint density at radius 1 is 1.21 bits per heavy atom. The number of aromatic nitrogens is 2. The average Bonchev–Trinajstić information content (AvgIpc) is 2.98. The normalized spacial score (nSPS) is 15.5. The Labute approximate surface area is 164 Å². The summed E-state index contributed by atoms with van der Waals surface area (Å²) < 4.78 is 16.4. The third-order valence-corrected chi connectivity index (χ3v) is 4.49. The second-order valence-electron chi connectivity index (χ2n) is 7.96. The van der Waals surface area contributed by atoms with Crippen molar-refractivity contribution in [3.63, 3.8) is 0 Å². The molecule has 0 radical (unpaired) electrons. The van der Waals surface area contributed by atoms with Crippen molar-refractivity contribution in [2.75, 3.05) is 20.2 Å². The number of H-pyrrole nitrogens is 1.